The van der Waals surface area contributed by atoms with Crippen molar-refractivity contribution in [3.05, 3.63) is 53.7 Å². The van der Waals surface area contributed by atoms with Crippen molar-refractivity contribution in [1.82, 2.24) is 9.88 Å². The predicted octanol–water partition coefficient (Wildman–Crippen LogP) is 4.41. The van der Waals surface area contributed by atoms with Gasteiger partial charge in [0.15, 0.2) is 11.5 Å². The molecule has 5 rings (SSSR count). The molecule has 3 aromatic rings. The number of carbonyl (C=O) groups is 1. The van der Waals surface area contributed by atoms with E-state index in [9.17, 15) is 4.79 Å². The minimum Gasteiger partial charge on any atom is -0.454 e. The molecule has 0 saturated heterocycles. The molecule has 6 heteroatoms. The van der Waals surface area contributed by atoms with Gasteiger partial charge in [-0.15, -0.1) is 0 Å². The van der Waals surface area contributed by atoms with E-state index in [1.807, 2.05) is 30.3 Å². The molecular formula is C25H29N3O3. The number of rotatable bonds is 6. The summed E-state index contributed by atoms with van der Waals surface area (Å²) in [6.45, 7) is 5.66. The molecule has 2 aliphatic rings. The summed E-state index contributed by atoms with van der Waals surface area (Å²) in [5.74, 6) is 1.50. The number of carbonyl (C=O) groups excluding carboxylic acids is 1. The first-order valence-electron chi connectivity index (χ1n) is 10.8. The van der Waals surface area contributed by atoms with Crippen LogP contribution in [0.4, 0.5) is 5.69 Å². The van der Waals surface area contributed by atoms with E-state index in [1.165, 1.54) is 5.69 Å². The standard InChI is InChI=1S/C25H29N3O3/c1-24(2,14-28(3)4)22-12-16-11-18(6-7-19(16)27-22)26-23(29)25(9-10-25)17-5-8-20-21(13-17)31-15-30-20/h5-8,11-13,27H,9-10,14-15H2,1-4H3,(H,26,29). The molecule has 2 heterocycles. The Bertz CT molecular complexity index is 1160. The molecule has 162 valence electrons. The number of fused-ring (bicyclic) bond motifs is 2. The third kappa shape index (κ3) is 3.55. The average molecular weight is 420 g/mol. The number of H-pyrrole nitrogens is 1. The highest BCUT2D eigenvalue weighted by Gasteiger charge is 2.51. The predicted molar refractivity (Wildman–Crippen MR) is 122 cm³/mol. The Morgan fingerprint density at radius 2 is 1.87 bits per heavy atom. The van der Waals surface area contributed by atoms with E-state index >= 15 is 0 Å². The number of nitrogens with zero attached hydrogens (tertiary/aromatic N) is 1. The van der Waals surface area contributed by atoms with Crippen molar-refractivity contribution >= 4 is 22.5 Å². The largest absolute Gasteiger partial charge is 0.454 e. The smallest absolute Gasteiger partial charge is 0.235 e. The van der Waals surface area contributed by atoms with Gasteiger partial charge < -0.3 is 24.7 Å². The lowest BCUT2D eigenvalue weighted by atomic mass is 9.89. The number of likely N-dealkylation sites (N-methyl/N-ethyl adjacent to an activating group) is 1. The number of ether oxygens (including phenoxy) is 2. The van der Waals surface area contributed by atoms with Crippen molar-refractivity contribution in [2.24, 2.45) is 0 Å². The highest BCUT2D eigenvalue weighted by Crippen LogP contribution is 2.51. The second-order valence-corrected chi connectivity index (χ2v) is 9.71. The number of aromatic amines is 1. The number of amides is 1. The van der Waals surface area contributed by atoms with Gasteiger partial charge in [-0.3, -0.25) is 4.79 Å². The van der Waals surface area contributed by atoms with Gasteiger partial charge in [0.05, 0.1) is 5.41 Å². The van der Waals surface area contributed by atoms with Crippen molar-refractivity contribution < 1.29 is 14.3 Å². The lowest BCUT2D eigenvalue weighted by molar-refractivity contribution is -0.118. The molecule has 0 atom stereocenters. The maximum atomic E-state index is 13.2. The first-order valence-corrected chi connectivity index (χ1v) is 10.8. The van der Waals surface area contributed by atoms with Crippen LogP contribution in [0, 0.1) is 0 Å². The van der Waals surface area contributed by atoms with Crippen LogP contribution in [0.2, 0.25) is 0 Å². The van der Waals surface area contributed by atoms with E-state index in [2.05, 4.69) is 55.3 Å². The molecule has 2 aromatic carbocycles. The van der Waals surface area contributed by atoms with Crippen molar-refractivity contribution in [2.45, 2.75) is 37.5 Å². The Balaban J connectivity index is 1.37. The van der Waals surface area contributed by atoms with Gasteiger partial charge in [0.25, 0.3) is 0 Å². The Kier molecular flexibility index (Phi) is 4.52. The molecule has 1 aliphatic heterocycles. The fourth-order valence-electron chi connectivity index (χ4n) is 4.67. The molecule has 1 aliphatic carbocycles. The number of hydrogen-bond donors (Lipinski definition) is 2. The lowest BCUT2D eigenvalue weighted by Crippen LogP contribution is -2.32. The molecule has 0 radical (unpaired) electrons. The summed E-state index contributed by atoms with van der Waals surface area (Å²) in [7, 11) is 4.18. The van der Waals surface area contributed by atoms with Crippen LogP contribution in [-0.4, -0.2) is 43.2 Å². The van der Waals surface area contributed by atoms with Gasteiger partial charge in [0, 0.05) is 34.2 Å². The summed E-state index contributed by atoms with van der Waals surface area (Å²) in [5, 5.41) is 4.25. The summed E-state index contributed by atoms with van der Waals surface area (Å²) >= 11 is 0. The topological polar surface area (TPSA) is 66.6 Å². The Labute approximate surface area is 182 Å². The summed E-state index contributed by atoms with van der Waals surface area (Å²) in [5.41, 5.74) is 3.61. The molecule has 0 bridgehead atoms. The molecule has 31 heavy (non-hydrogen) atoms. The first-order chi connectivity index (χ1) is 14.8. The number of aromatic nitrogens is 1. The number of benzene rings is 2. The van der Waals surface area contributed by atoms with Gasteiger partial charge in [0.1, 0.15) is 0 Å². The van der Waals surface area contributed by atoms with Gasteiger partial charge in [-0.2, -0.15) is 0 Å². The quantitative estimate of drug-likeness (QED) is 0.621. The van der Waals surface area contributed by atoms with E-state index in [1.54, 1.807) is 0 Å². The van der Waals surface area contributed by atoms with Gasteiger partial charge in [-0.1, -0.05) is 19.9 Å². The highest BCUT2D eigenvalue weighted by atomic mass is 16.7. The van der Waals surface area contributed by atoms with E-state index in [-0.39, 0.29) is 18.1 Å². The zero-order valence-electron chi connectivity index (χ0n) is 18.5. The van der Waals surface area contributed by atoms with Gasteiger partial charge in [0.2, 0.25) is 12.7 Å². The fourth-order valence-corrected chi connectivity index (χ4v) is 4.67. The van der Waals surface area contributed by atoms with E-state index in [0.717, 1.165) is 53.0 Å². The minimum atomic E-state index is -0.479. The molecule has 0 spiro atoms. The third-order valence-corrected chi connectivity index (χ3v) is 6.43. The van der Waals surface area contributed by atoms with Crippen molar-refractivity contribution in [2.75, 3.05) is 32.7 Å². The van der Waals surface area contributed by atoms with Crippen molar-refractivity contribution in [1.29, 1.82) is 0 Å². The molecule has 1 aromatic heterocycles. The second-order valence-electron chi connectivity index (χ2n) is 9.71. The van der Waals surface area contributed by atoms with Crippen LogP contribution in [0.3, 0.4) is 0 Å². The normalized spacial score (nSPS) is 16.7. The number of hydrogen-bond acceptors (Lipinski definition) is 4. The van der Waals surface area contributed by atoms with Crippen LogP contribution in [0.5, 0.6) is 11.5 Å². The lowest BCUT2D eigenvalue weighted by Gasteiger charge is -2.27. The third-order valence-electron chi connectivity index (χ3n) is 6.43. The van der Waals surface area contributed by atoms with E-state index < -0.39 is 5.41 Å². The van der Waals surface area contributed by atoms with E-state index in [0.29, 0.717) is 0 Å². The molecule has 6 nitrogen and oxygen atoms in total. The van der Waals surface area contributed by atoms with Gasteiger partial charge in [-0.05, 0) is 68.9 Å². The summed E-state index contributed by atoms with van der Waals surface area (Å²) in [6.07, 6.45) is 1.68. The van der Waals surface area contributed by atoms with Crippen LogP contribution in [0.15, 0.2) is 42.5 Å². The summed E-state index contributed by atoms with van der Waals surface area (Å²) in [6, 6.07) is 14.1. The molecule has 1 amide bonds. The van der Waals surface area contributed by atoms with Crippen LogP contribution in [-0.2, 0) is 15.6 Å². The second kappa shape index (κ2) is 7.02. The van der Waals surface area contributed by atoms with Gasteiger partial charge >= 0.3 is 0 Å². The molecular weight excluding hydrogens is 390 g/mol. The fraction of sp³-hybridized carbons (Fsp3) is 0.400. The van der Waals surface area contributed by atoms with Crippen LogP contribution < -0.4 is 14.8 Å². The van der Waals surface area contributed by atoms with Crippen LogP contribution in [0.1, 0.15) is 37.9 Å². The molecule has 2 N–H and O–H groups in total. The zero-order valence-corrected chi connectivity index (χ0v) is 18.5. The summed E-state index contributed by atoms with van der Waals surface area (Å²) in [4.78, 5) is 19.0. The average Bonchev–Trinajstić information content (AvgIpc) is 3.19. The molecule has 1 saturated carbocycles. The van der Waals surface area contributed by atoms with Crippen LogP contribution in [0.25, 0.3) is 10.9 Å². The maximum Gasteiger partial charge on any atom is 0.235 e. The minimum absolute atomic E-state index is 0.00333. The number of nitrogens with one attached hydrogen (secondary N) is 2. The molecule has 0 unspecified atom stereocenters. The zero-order chi connectivity index (χ0) is 21.8. The Morgan fingerprint density at radius 1 is 1.10 bits per heavy atom. The van der Waals surface area contributed by atoms with Crippen LogP contribution >= 0.6 is 0 Å². The first kappa shape index (κ1) is 19.9. The van der Waals surface area contributed by atoms with Crippen molar-refractivity contribution in [3.8, 4) is 11.5 Å². The SMILES string of the molecule is CN(C)CC(C)(C)c1cc2cc(NC(=O)C3(c4ccc5c(c4)OCO5)CC3)ccc2[nH]1. The Morgan fingerprint density at radius 3 is 2.61 bits per heavy atom. The monoisotopic (exact) mass is 419 g/mol. The van der Waals surface area contributed by atoms with Crippen molar-refractivity contribution in [3.63, 3.8) is 0 Å². The highest BCUT2D eigenvalue weighted by molar-refractivity contribution is 6.02. The van der Waals surface area contributed by atoms with E-state index in [4.69, 9.17) is 9.47 Å². The maximum absolute atomic E-state index is 13.2. The summed E-state index contributed by atoms with van der Waals surface area (Å²) < 4.78 is 10.9. The number of anilines is 1. The Hall–Kier alpha value is -2.99. The molecule has 1 fully saturated rings. The van der Waals surface area contributed by atoms with Gasteiger partial charge in [-0.25, -0.2) is 0 Å².